The molecule has 0 saturated heterocycles. The van der Waals surface area contributed by atoms with Gasteiger partial charge in [-0.3, -0.25) is 4.98 Å². The molecule has 0 amide bonds. The number of H-pyrrole nitrogens is 1. The molecule has 2 aromatic carbocycles. The van der Waals surface area contributed by atoms with Crippen LogP contribution in [0.3, 0.4) is 0 Å². The van der Waals surface area contributed by atoms with E-state index >= 15 is 0 Å². The second kappa shape index (κ2) is 9.00. The number of hydrogen-bond donors (Lipinski definition) is 2. The van der Waals surface area contributed by atoms with Crippen molar-refractivity contribution in [3.63, 3.8) is 0 Å². The number of aromatic amines is 1. The number of nitrogens with zero attached hydrogens (tertiary/aromatic N) is 1. The number of benzene rings is 2. The third-order valence-corrected chi connectivity index (χ3v) is 7.81. The molecule has 2 unspecified atom stereocenters. The van der Waals surface area contributed by atoms with Crippen LogP contribution < -0.4 is 4.74 Å². The molecule has 1 aliphatic rings. The van der Waals surface area contributed by atoms with Crippen LogP contribution in [-0.2, 0) is 11.8 Å². The highest BCUT2D eigenvalue weighted by Crippen LogP contribution is 2.49. The number of pyridine rings is 1. The summed E-state index contributed by atoms with van der Waals surface area (Å²) in [6.45, 7) is 9.25. The van der Waals surface area contributed by atoms with E-state index in [-0.39, 0.29) is 17.3 Å². The SMILES string of the molecule is CC(C)C(O)(CC(C)(C)c1cc(Cl)cc2c1OCC2)C(c1ccccc1)c1cc2ccncc2[nH]1. The van der Waals surface area contributed by atoms with E-state index in [1.807, 2.05) is 42.6 Å². The number of hydrogen-bond acceptors (Lipinski definition) is 3. The number of fused-ring (bicyclic) bond motifs is 2. The van der Waals surface area contributed by atoms with E-state index in [2.05, 4.69) is 55.9 Å². The Morgan fingerprint density at radius 2 is 1.89 bits per heavy atom. The van der Waals surface area contributed by atoms with Gasteiger partial charge >= 0.3 is 0 Å². The molecule has 0 saturated carbocycles. The summed E-state index contributed by atoms with van der Waals surface area (Å²) in [6.07, 6.45) is 5.03. The second-order valence-corrected chi connectivity index (χ2v) is 11.2. The van der Waals surface area contributed by atoms with E-state index in [0.29, 0.717) is 18.1 Å². The Labute approximate surface area is 212 Å². The zero-order valence-corrected chi connectivity index (χ0v) is 21.6. The van der Waals surface area contributed by atoms with Crippen molar-refractivity contribution in [1.82, 2.24) is 9.97 Å². The van der Waals surface area contributed by atoms with Crippen molar-refractivity contribution in [3.8, 4) is 5.75 Å². The van der Waals surface area contributed by atoms with Crippen molar-refractivity contribution in [2.24, 2.45) is 5.92 Å². The Morgan fingerprint density at radius 1 is 1.11 bits per heavy atom. The summed E-state index contributed by atoms with van der Waals surface area (Å²) >= 11 is 6.54. The monoisotopic (exact) mass is 488 g/mol. The molecule has 0 bridgehead atoms. The smallest absolute Gasteiger partial charge is 0.126 e. The van der Waals surface area contributed by atoms with Gasteiger partial charge in [0.15, 0.2) is 0 Å². The van der Waals surface area contributed by atoms with Crippen molar-refractivity contribution in [2.45, 2.75) is 57.5 Å². The lowest BCUT2D eigenvalue weighted by Crippen LogP contribution is -2.47. The molecule has 182 valence electrons. The number of halogens is 1. The summed E-state index contributed by atoms with van der Waals surface area (Å²) < 4.78 is 6.06. The molecule has 0 aliphatic carbocycles. The maximum atomic E-state index is 12.7. The Kier molecular flexibility index (Phi) is 6.14. The molecule has 4 aromatic rings. The summed E-state index contributed by atoms with van der Waals surface area (Å²) in [4.78, 5) is 7.84. The van der Waals surface area contributed by atoms with Gasteiger partial charge in [-0.2, -0.15) is 0 Å². The van der Waals surface area contributed by atoms with Crippen LogP contribution >= 0.6 is 11.6 Å². The Balaban J connectivity index is 1.64. The first-order valence-electron chi connectivity index (χ1n) is 12.3. The van der Waals surface area contributed by atoms with Crippen LogP contribution in [0.1, 0.15) is 62.4 Å². The van der Waals surface area contributed by atoms with Gasteiger partial charge in [0, 0.05) is 34.3 Å². The highest BCUT2D eigenvalue weighted by molar-refractivity contribution is 6.30. The highest BCUT2D eigenvalue weighted by Gasteiger charge is 2.47. The summed E-state index contributed by atoms with van der Waals surface area (Å²) in [5, 5.41) is 14.5. The van der Waals surface area contributed by atoms with E-state index in [0.717, 1.165) is 45.5 Å². The van der Waals surface area contributed by atoms with Crippen LogP contribution in [0.25, 0.3) is 10.9 Å². The van der Waals surface area contributed by atoms with Gasteiger partial charge in [-0.05, 0) is 53.1 Å². The van der Waals surface area contributed by atoms with Crippen LogP contribution in [0.4, 0.5) is 0 Å². The van der Waals surface area contributed by atoms with Gasteiger partial charge in [-0.15, -0.1) is 0 Å². The van der Waals surface area contributed by atoms with Gasteiger partial charge in [-0.1, -0.05) is 69.6 Å². The summed E-state index contributed by atoms with van der Waals surface area (Å²) in [5.74, 6) is 0.645. The minimum atomic E-state index is -1.06. The largest absolute Gasteiger partial charge is 0.493 e. The predicted octanol–water partition coefficient (Wildman–Crippen LogP) is 7.04. The first kappa shape index (κ1) is 23.9. The minimum Gasteiger partial charge on any atom is -0.493 e. The molecule has 0 radical (unpaired) electrons. The zero-order valence-electron chi connectivity index (χ0n) is 20.8. The molecule has 4 nitrogen and oxygen atoms in total. The Hall–Kier alpha value is -2.82. The van der Waals surface area contributed by atoms with Gasteiger partial charge in [0.05, 0.1) is 29.8 Å². The average molecular weight is 489 g/mol. The fraction of sp³-hybridized carbons (Fsp3) is 0.367. The normalized spacial score (nSPS) is 16.2. The molecule has 0 fully saturated rings. The highest BCUT2D eigenvalue weighted by atomic mass is 35.5. The lowest BCUT2D eigenvalue weighted by Gasteiger charge is -2.45. The van der Waals surface area contributed by atoms with Crippen molar-refractivity contribution < 1.29 is 9.84 Å². The maximum absolute atomic E-state index is 12.7. The Bertz CT molecular complexity index is 1310. The molecule has 2 N–H and O–H groups in total. The van der Waals surface area contributed by atoms with Crippen molar-refractivity contribution in [3.05, 3.63) is 94.4 Å². The Morgan fingerprint density at radius 3 is 2.60 bits per heavy atom. The minimum absolute atomic E-state index is 0.0235. The van der Waals surface area contributed by atoms with Gasteiger partial charge in [0.25, 0.3) is 0 Å². The molecule has 35 heavy (non-hydrogen) atoms. The number of aromatic nitrogens is 2. The number of ether oxygens (including phenoxy) is 1. The third-order valence-electron chi connectivity index (χ3n) is 7.59. The fourth-order valence-corrected chi connectivity index (χ4v) is 5.99. The van der Waals surface area contributed by atoms with E-state index in [1.165, 1.54) is 0 Å². The van der Waals surface area contributed by atoms with Crippen LogP contribution in [0.2, 0.25) is 5.02 Å². The van der Waals surface area contributed by atoms with Crippen molar-refractivity contribution in [1.29, 1.82) is 0 Å². The van der Waals surface area contributed by atoms with Gasteiger partial charge in [0.1, 0.15) is 5.75 Å². The van der Waals surface area contributed by atoms with Gasteiger partial charge < -0.3 is 14.8 Å². The van der Waals surface area contributed by atoms with Crippen LogP contribution in [0.5, 0.6) is 5.75 Å². The van der Waals surface area contributed by atoms with Crippen LogP contribution in [0, 0.1) is 5.92 Å². The van der Waals surface area contributed by atoms with Crippen LogP contribution in [0.15, 0.2) is 67.0 Å². The summed E-state index contributed by atoms with van der Waals surface area (Å²) in [6, 6.07) is 18.5. The first-order valence-corrected chi connectivity index (χ1v) is 12.7. The fourth-order valence-electron chi connectivity index (χ4n) is 5.75. The molecular formula is C30H33ClN2O2. The molecular weight excluding hydrogens is 456 g/mol. The molecule has 2 atom stereocenters. The standard InChI is InChI=1S/C30H33ClN2O2/c1-19(2)30(34,18-29(3,4)24-16-23(31)14-22-11-13-35-28(22)24)27(20-8-6-5-7-9-20)25-15-21-10-12-32-17-26(21)33-25/h5-10,12,14-17,19,27,33-34H,11,13,18H2,1-4H3. The molecule has 1 aliphatic heterocycles. The predicted molar refractivity (Wildman–Crippen MR) is 142 cm³/mol. The second-order valence-electron chi connectivity index (χ2n) is 10.8. The lowest BCUT2D eigenvalue weighted by atomic mass is 9.64. The van der Waals surface area contributed by atoms with Crippen LogP contribution in [-0.4, -0.2) is 27.3 Å². The lowest BCUT2D eigenvalue weighted by molar-refractivity contribution is -0.0440. The quantitative estimate of drug-likeness (QED) is 0.293. The van der Waals surface area contributed by atoms with E-state index in [9.17, 15) is 5.11 Å². The first-order chi connectivity index (χ1) is 16.7. The van der Waals surface area contributed by atoms with Crippen molar-refractivity contribution >= 4 is 22.5 Å². The maximum Gasteiger partial charge on any atom is 0.126 e. The number of aliphatic hydroxyl groups is 1. The topological polar surface area (TPSA) is 58.1 Å². The molecule has 3 heterocycles. The molecule has 5 heteroatoms. The molecule has 5 rings (SSSR count). The zero-order chi connectivity index (χ0) is 24.8. The van der Waals surface area contributed by atoms with E-state index in [4.69, 9.17) is 16.3 Å². The third kappa shape index (κ3) is 4.34. The van der Waals surface area contributed by atoms with E-state index in [1.54, 1.807) is 6.20 Å². The van der Waals surface area contributed by atoms with Gasteiger partial charge in [-0.25, -0.2) is 0 Å². The molecule has 2 aromatic heterocycles. The average Bonchev–Trinajstić information content (AvgIpc) is 3.45. The van der Waals surface area contributed by atoms with Crippen molar-refractivity contribution in [2.75, 3.05) is 6.61 Å². The summed E-state index contributed by atoms with van der Waals surface area (Å²) in [5.41, 5.74) is 3.78. The van der Waals surface area contributed by atoms with Gasteiger partial charge in [0.2, 0.25) is 0 Å². The molecule has 0 spiro atoms. The number of rotatable bonds is 7. The summed E-state index contributed by atoms with van der Waals surface area (Å²) in [7, 11) is 0. The van der Waals surface area contributed by atoms with E-state index < -0.39 is 5.60 Å². The number of nitrogens with one attached hydrogen (secondary N) is 1.